The Hall–Kier alpha value is -1.45. The molecule has 0 saturated carbocycles. The molecule has 0 spiro atoms. The zero-order valence-corrected chi connectivity index (χ0v) is 18.1. The van der Waals surface area contributed by atoms with Gasteiger partial charge in [-0.15, -0.1) is 4.91 Å². The summed E-state index contributed by atoms with van der Waals surface area (Å²) < 4.78 is 51.5. The molecule has 29 heavy (non-hydrogen) atoms. The lowest BCUT2D eigenvalue weighted by molar-refractivity contribution is 0.00311. The average Bonchev–Trinajstić information content (AvgIpc) is 3.26. The number of hydrogen-bond donors (Lipinski definition) is 2. The van der Waals surface area contributed by atoms with E-state index in [1.54, 1.807) is 16.8 Å². The third-order valence-electron chi connectivity index (χ3n) is 4.24. The van der Waals surface area contributed by atoms with E-state index >= 15 is 0 Å². The topological polar surface area (TPSA) is 185 Å². The maximum atomic E-state index is 12.1. The molecule has 0 bridgehead atoms. The van der Waals surface area contributed by atoms with Crippen LogP contribution in [-0.2, 0) is 27.1 Å². The molecule has 0 aliphatic carbocycles. The van der Waals surface area contributed by atoms with Gasteiger partial charge in [-0.05, 0) is 25.3 Å². The molecule has 1 fully saturated rings. The quantitative estimate of drug-likeness (QED) is 0.407. The number of nitrogens with zero attached hydrogens (tertiary/aromatic N) is 4. The molecule has 0 radical (unpaired) electrons. The highest BCUT2D eigenvalue weighted by Gasteiger charge is 2.39. The van der Waals surface area contributed by atoms with Gasteiger partial charge in [0.25, 0.3) is 0 Å². The Bertz CT molecular complexity index is 1030. The molecule has 3 N–H and O–H groups in total. The van der Waals surface area contributed by atoms with E-state index in [0.29, 0.717) is 29.7 Å². The van der Waals surface area contributed by atoms with Crippen LogP contribution >= 0.6 is 23.4 Å². The average molecular weight is 467 g/mol. The first-order valence-corrected chi connectivity index (χ1v) is 13.6. The lowest BCUT2D eigenvalue weighted by Gasteiger charge is -2.18. The molecule has 160 valence electrons. The van der Waals surface area contributed by atoms with Crippen molar-refractivity contribution in [3.63, 3.8) is 0 Å². The van der Waals surface area contributed by atoms with Crippen molar-refractivity contribution in [3.05, 3.63) is 23.5 Å². The zero-order chi connectivity index (χ0) is 21.2. The predicted octanol–water partition coefficient (Wildman–Crippen LogP) is 3.28. The largest absolute Gasteiger partial charge is 0.502 e. The van der Waals surface area contributed by atoms with Gasteiger partial charge in [-0.25, -0.2) is 23.2 Å². The number of fused-ring (bicyclic) bond motifs is 1. The normalized spacial score (nSPS) is 24.8. The van der Waals surface area contributed by atoms with Gasteiger partial charge in [0.15, 0.2) is 8.03 Å². The predicted molar refractivity (Wildman–Crippen MR) is 105 cm³/mol. The van der Waals surface area contributed by atoms with Crippen LogP contribution in [0.5, 0.6) is 0 Å². The fourth-order valence-electron chi connectivity index (χ4n) is 3.05. The van der Waals surface area contributed by atoms with Crippen LogP contribution in [0.3, 0.4) is 0 Å². The van der Waals surface area contributed by atoms with Gasteiger partial charge < -0.3 is 19.9 Å². The zero-order valence-electron chi connectivity index (χ0n) is 15.3. The minimum absolute atomic E-state index is 0.0980. The van der Waals surface area contributed by atoms with E-state index < -0.39 is 29.5 Å². The molecular formula is C13H20N5O8P3. The summed E-state index contributed by atoms with van der Waals surface area (Å²) in [6.45, 7) is 1.05. The first-order valence-electron chi connectivity index (χ1n) is 8.53. The Morgan fingerprint density at radius 3 is 2.90 bits per heavy atom. The summed E-state index contributed by atoms with van der Waals surface area (Å²) in [5, 5.41) is 0.695. The molecule has 3 heterocycles. The Morgan fingerprint density at radius 2 is 2.21 bits per heavy atom. The van der Waals surface area contributed by atoms with E-state index in [9.17, 15) is 23.5 Å². The minimum Gasteiger partial charge on any atom is -0.383 e. The van der Waals surface area contributed by atoms with Crippen molar-refractivity contribution >= 4 is 40.2 Å². The molecule has 16 heteroatoms. The van der Waals surface area contributed by atoms with E-state index in [1.165, 1.54) is 6.33 Å². The van der Waals surface area contributed by atoms with Gasteiger partial charge in [-0.3, -0.25) is 9.13 Å². The number of hydrogen-bond acceptors (Lipinski definition) is 10. The molecule has 13 nitrogen and oxygen atoms in total. The molecule has 2 aromatic rings. The molecule has 0 aromatic carbocycles. The molecule has 2 aromatic heterocycles. The van der Waals surface area contributed by atoms with Crippen molar-refractivity contribution in [2.45, 2.75) is 31.6 Å². The van der Waals surface area contributed by atoms with Crippen LogP contribution in [0.1, 0.15) is 25.5 Å². The fourth-order valence-corrected chi connectivity index (χ4v) is 7.26. The summed E-state index contributed by atoms with van der Waals surface area (Å²) in [6, 6.07) is 1.78. The number of nitrogens with two attached hydrogens (primary N) is 1. The molecule has 1 aliphatic rings. The van der Waals surface area contributed by atoms with Crippen molar-refractivity contribution in [2.24, 2.45) is 4.95 Å². The van der Waals surface area contributed by atoms with Crippen LogP contribution in [0.25, 0.3) is 11.0 Å². The molecule has 3 rings (SSSR count). The minimum atomic E-state index is -4.80. The Morgan fingerprint density at radius 1 is 1.45 bits per heavy atom. The molecule has 3 unspecified atom stereocenters. The maximum absolute atomic E-state index is 12.1. The van der Waals surface area contributed by atoms with Gasteiger partial charge in [-0.2, -0.15) is 0 Å². The maximum Gasteiger partial charge on any atom is 0.502 e. The van der Waals surface area contributed by atoms with Crippen molar-refractivity contribution in [2.75, 3.05) is 18.6 Å². The summed E-state index contributed by atoms with van der Waals surface area (Å²) in [7, 11) is -12.2. The lowest BCUT2D eigenvalue weighted by Crippen LogP contribution is -2.13. The summed E-state index contributed by atoms with van der Waals surface area (Å²) in [4.78, 5) is 30.8. The van der Waals surface area contributed by atoms with Crippen molar-refractivity contribution in [3.8, 4) is 0 Å². The Balaban J connectivity index is 1.60. The summed E-state index contributed by atoms with van der Waals surface area (Å²) in [5.74, 6) is 0.353. The fraction of sp³-hybridized carbons (Fsp3) is 0.538. The van der Waals surface area contributed by atoms with Gasteiger partial charge in [0.2, 0.25) is 0 Å². The van der Waals surface area contributed by atoms with Crippen molar-refractivity contribution in [1.29, 1.82) is 0 Å². The first kappa shape index (κ1) is 22.2. The summed E-state index contributed by atoms with van der Waals surface area (Å²) in [5.41, 5.74) is 6.44. The third kappa shape index (κ3) is 5.38. The first-order chi connectivity index (χ1) is 13.6. The standard InChI is InChI=1S/C13H20N5O8P3/c1-27(20)25-29(23,17-19)26-28(21,22)7-5-9-2-3-11(24-9)18-6-4-10-12(14)15-8-16-13(10)18/h4,6,8-9,11,27H,2-3,5,7H2,1H3,(H,21,22)(H2,14,15,16)/t9-,11+,29?/m0/s1. The number of nitrogen functional groups attached to an aromatic ring is 1. The summed E-state index contributed by atoms with van der Waals surface area (Å²) >= 11 is 0. The summed E-state index contributed by atoms with van der Waals surface area (Å²) in [6.07, 6.45) is 3.28. The van der Waals surface area contributed by atoms with Crippen molar-refractivity contribution in [1.82, 2.24) is 14.5 Å². The highest BCUT2D eigenvalue weighted by molar-refractivity contribution is 7.69. The van der Waals surface area contributed by atoms with Gasteiger partial charge in [-0.1, -0.05) is 0 Å². The second-order valence-electron chi connectivity index (χ2n) is 6.37. The number of nitroso groups, excluding NO2 is 1. The number of ether oxygens (including phenoxy) is 1. The van der Waals surface area contributed by atoms with Crippen LogP contribution in [-0.4, -0.2) is 38.4 Å². The van der Waals surface area contributed by atoms with Crippen LogP contribution in [0.4, 0.5) is 5.82 Å². The van der Waals surface area contributed by atoms with E-state index in [2.05, 4.69) is 23.5 Å². The highest BCUT2D eigenvalue weighted by Crippen LogP contribution is 2.66. The van der Waals surface area contributed by atoms with Gasteiger partial charge in [0.05, 0.1) is 17.7 Å². The van der Waals surface area contributed by atoms with E-state index in [1.807, 2.05) is 0 Å². The van der Waals surface area contributed by atoms with E-state index in [4.69, 9.17) is 10.5 Å². The highest BCUT2D eigenvalue weighted by atomic mass is 31.3. The second kappa shape index (κ2) is 8.73. The number of rotatable bonds is 9. The van der Waals surface area contributed by atoms with Gasteiger partial charge in [0.1, 0.15) is 24.0 Å². The smallest absolute Gasteiger partial charge is 0.383 e. The van der Waals surface area contributed by atoms with Crippen molar-refractivity contribution < 1.29 is 31.9 Å². The Kier molecular flexibility index (Phi) is 6.70. The van der Waals surface area contributed by atoms with Crippen LogP contribution in [0.15, 0.2) is 23.5 Å². The molecular weight excluding hydrogens is 447 g/mol. The van der Waals surface area contributed by atoms with E-state index in [-0.39, 0.29) is 18.8 Å². The molecule has 0 amide bonds. The Labute approximate surface area is 165 Å². The van der Waals surface area contributed by atoms with Crippen LogP contribution in [0, 0.1) is 4.91 Å². The monoisotopic (exact) mass is 467 g/mol. The SMILES string of the molecule is C[PH](=O)OP(=O)(N=O)OP(=O)(O)CC[C@@H]1CC[C@H](n2ccc3c(N)ncnc32)O1. The molecule has 1 aliphatic heterocycles. The van der Waals surface area contributed by atoms with Crippen LogP contribution < -0.4 is 5.73 Å². The molecule has 1 saturated heterocycles. The van der Waals surface area contributed by atoms with Gasteiger partial charge in [0, 0.05) is 17.8 Å². The van der Waals surface area contributed by atoms with Crippen LogP contribution in [0.2, 0.25) is 0 Å². The third-order valence-corrected chi connectivity index (χ3v) is 9.06. The number of aromatic nitrogens is 3. The molecule has 5 atom stereocenters. The van der Waals surface area contributed by atoms with Gasteiger partial charge >= 0.3 is 15.3 Å². The lowest BCUT2D eigenvalue weighted by atomic mass is 10.2. The van der Waals surface area contributed by atoms with E-state index in [0.717, 1.165) is 6.66 Å². The second-order valence-corrected chi connectivity index (χ2v) is 11.6. The number of anilines is 1.